The molecule has 5 rings (SSSR count). The van der Waals surface area contributed by atoms with E-state index in [1.807, 2.05) is 55.5 Å². The molecule has 0 N–H and O–H groups in total. The van der Waals surface area contributed by atoms with Crippen molar-refractivity contribution in [1.82, 2.24) is 14.8 Å². The average molecular weight is 409 g/mol. The van der Waals surface area contributed by atoms with Crippen molar-refractivity contribution < 1.29 is 9.59 Å². The third kappa shape index (κ3) is 3.52. The lowest BCUT2D eigenvalue weighted by Crippen LogP contribution is -2.37. The number of fused-ring (bicyclic) bond motifs is 1. The molecule has 2 amide bonds. The van der Waals surface area contributed by atoms with Crippen molar-refractivity contribution >= 4 is 17.4 Å². The zero-order chi connectivity index (χ0) is 21.4. The predicted octanol–water partition coefficient (Wildman–Crippen LogP) is 3.73. The maximum atomic E-state index is 13.6. The summed E-state index contributed by atoms with van der Waals surface area (Å²) in [6, 6.07) is 19.8. The van der Waals surface area contributed by atoms with Gasteiger partial charge in [0.1, 0.15) is 5.70 Å². The van der Waals surface area contributed by atoms with Crippen LogP contribution in [-0.2, 0) is 29.1 Å². The molecule has 0 aliphatic carbocycles. The Kier molecular flexibility index (Phi) is 4.86. The molecule has 0 bridgehead atoms. The van der Waals surface area contributed by atoms with E-state index in [0.717, 1.165) is 23.1 Å². The number of rotatable bonds is 4. The van der Waals surface area contributed by atoms with Crippen molar-refractivity contribution in [2.75, 3.05) is 6.54 Å². The van der Waals surface area contributed by atoms with Crippen molar-refractivity contribution in [3.63, 3.8) is 0 Å². The molecule has 0 fully saturated rings. The molecule has 5 nitrogen and oxygen atoms in total. The molecular formula is C26H23N3O2. The number of hydrogen-bond donors (Lipinski definition) is 0. The minimum absolute atomic E-state index is 0.217. The van der Waals surface area contributed by atoms with Crippen LogP contribution in [0.2, 0.25) is 0 Å². The molecule has 154 valence electrons. The Hall–Kier alpha value is -3.73. The maximum Gasteiger partial charge on any atom is 0.278 e. The third-order valence-corrected chi connectivity index (χ3v) is 5.99. The van der Waals surface area contributed by atoms with E-state index in [4.69, 9.17) is 0 Å². The third-order valence-electron chi connectivity index (χ3n) is 5.99. The number of amides is 2. The highest BCUT2D eigenvalue weighted by Crippen LogP contribution is 2.35. The summed E-state index contributed by atoms with van der Waals surface area (Å²) in [6.07, 6.45) is 4.23. The zero-order valence-electron chi connectivity index (χ0n) is 17.4. The Morgan fingerprint density at radius 3 is 2.42 bits per heavy atom. The first kappa shape index (κ1) is 19.2. The summed E-state index contributed by atoms with van der Waals surface area (Å²) in [5.74, 6) is -0.477. The summed E-state index contributed by atoms with van der Waals surface area (Å²) in [7, 11) is 0. The van der Waals surface area contributed by atoms with Crippen LogP contribution >= 0.6 is 0 Å². The fourth-order valence-electron chi connectivity index (χ4n) is 4.34. The Labute approximate surface area is 181 Å². The van der Waals surface area contributed by atoms with Crippen molar-refractivity contribution in [3.8, 4) is 0 Å². The van der Waals surface area contributed by atoms with E-state index in [1.54, 1.807) is 12.4 Å². The summed E-state index contributed by atoms with van der Waals surface area (Å²) in [5, 5.41) is 0. The minimum atomic E-state index is -0.244. The van der Waals surface area contributed by atoms with Crippen LogP contribution < -0.4 is 0 Å². The van der Waals surface area contributed by atoms with Crippen molar-refractivity contribution in [2.24, 2.45) is 0 Å². The molecule has 0 unspecified atom stereocenters. The van der Waals surface area contributed by atoms with Gasteiger partial charge in [-0.2, -0.15) is 0 Å². The molecule has 0 spiro atoms. The van der Waals surface area contributed by atoms with E-state index < -0.39 is 0 Å². The number of carbonyl (C=O) groups is 2. The van der Waals surface area contributed by atoms with Crippen molar-refractivity contribution in [2.45, 2.75) is 26.4 Å². The molecule has 3 heterocycles. The van der Waals surface area contributed by atoms with Gasteiger partial charge < -0.3 is 4.90 Å². The molecule has 0 atom stereocenters. The number of pyridine rings is 1. The molecule has 2 aliphatic heterocycles. The highest BCUT2D eigenvalue weighted by molar-refractivity contribution is 6.35. The van der Waals surface area contributed by atoms with Crippen molar-refractivity contribution in [1.29, 1.82) is 0 Å². The highest BCUT2D eigenvalue weighted by atomic mass is 16.2. The monoisotopic (exact) mass is 409 g/mol. The van der Waals surface area contributed by atoms with Crippen LogP contribution in [0, 0.1) is 6.92 Å². The summed E-state index contributed by atoms with van der Waals surface area (Å²) in [6.45, 7) is 3.56. The van der Waals surface area contributed by atoms with Crippen LogP contribution in [0.5, 0.6) is 0 Å². The van der Waals surface area contributed by atoms with Gasteiger partial charge in [-0.1, -0.05) is 60.2 Å². The van der Waals surface area contributed by atoms with E-state index in [0.29, 0.717) is 24.4 Å². The fourth-order valence-corrected chi connectivity index (χ4v) is 4.34. The Morgan fingerprint density at radius 1 is 0.903 bits per heavy atom. The van der Waals surface area contributed by atoms with E-state index in [1.165, 1.54) is 16.0 Å². The number of imide groups is 1. The predicted molar refractivity (Wildman–Crippen MR) is 118 cm³/mol. The Bertz CT molecular complexity index is 1180. The van der Waals surface area contributed by atoms with Crippen LogP contribution in [0.4, 0.5) is 0 Å². The highest BCUT2D eigenvalue weighted by Gasteiger charge is 2.42. The summed E-state index contributed by atoms with van der Waals surface area (Å²) >= 11 is 0. The van der Waals surface area contributed by atoms with Gasteiger partial charge in [-0.3, -0.25) is 19.5 Å². The summed E-state index contributed by atoms with van der Waals surface area (Å²) < 4.78 is 0. The van der Waals surface area contributed by atoms with Crippen LogP contribution in [-0.4, -0.2) is 33.1 Å². The topological polar surface area (TPSA) is 53.5 Å². The molecule has 3 aromatic rings. The molecule has 31 heavy (non-hydrogen) atoms. The SMILES string of the molecule is Cc1ccc(C2=C(N3CCc4ccccc4C3)C(=O)N(Cc3cccnc3)C2=O)cc1. The zero-order valence-corrected chi connectivity index (χ0v) is 17.4. The van der Waals surface area contributed by atoms with Gasteiger partial charge >= 0.3 is 0 Å². The summed E-state index contributed by atoms with van der Waals surface area (Å²) in [4.78, 5) is 34.6. The number of hydrogen-bond acceptors (Lipinski definition) is 4. The van der Waals surface area contributed by atoms with Gasteiger partial charge in [0, 0.05) is 25.5 Å². The number of aromatic nitrogens is 1. The van der Waals surface area contributed by atoms with Gasteiger partial charge in [0.25, 0.3) is 11.8 Å². The molecule has 0 saturated carbocycles. The smallest absolute Gasteiger partial charge is 0.278 e. The van der Waals surface area contributed by atoms with E-state index in [-0.39, 0.29) is 18.4 Å². The lowest BCUT2D eigenvalue weighted by molar-refractivity contribution is -0.138. The molecular weight excluding hydrogens is 386 g/mol. The van der Waals surface area contributed by atoms with Crippen LogP contribution in [0.15, 0.2) is 78.8 Å². The maximum absolute atomic E-state index is 13.6. The molecule has 2 aromatic carbocycles. The van der Waals surface area contributed by atoms with Gasteiger partial charge in [-0.15, -0.1) is 0 Å². The second kappa shape index (κ2) is 7.84. The normalized spacial score (nSPS) is 16.2. The first-order valence-corrected chi connectivity index (χ1v) is 10.5. The van der Waals surface area contributed by atoms with E-state index >= 15 is 0 Å². The van der Waals surface area contributed by atoms with Gasteiger partial charge in [-0.05, 0) is 41.7 Å². The van der Waals surface area contributed by atoms with E-state index in [2.05, 4.69) is 22.0 Å². The fraction of sp³-hybridized carbons (Fsp3) is 0.192. The number of carbonyl (C=O) groups excluding carboxylic acids is 2. The van der Waals surface area contributed by atoms with Crippen LogP contribution in [0.1, 0.15) is 27.8 Å². The molecule has 0 saturated heterocycles. The second-order valence-electron chi connectivity index (χ2n) is 8.09. The van der Waals surface area contributed by atoms with Crippen LogP contribution in [0.25, 0.3) is 5.57 Å². The largest absolute Gasteiger partial charge is 0.362 e. The van der Waals surface area contributed by atoms with Gasteiger partial charge in [-0.25, -0.2) is 0 Å². The van der Waals surface area contributed by atoms with Gasteiger partial charge in [0.2, 0.25) is 0 Å². The number of nitrogens with zero attached hydrogens (tertiary/aromatic N) is 3. The number of aryl methyl sites for hydroxylation is 1. The average Bonchev–Trinajstić information content (AvgIpc) is 3.05. The standard InChI is InChI=1S/C26H23N3O2/c1-18-8-10-21(11-9-18)23-24(28-14-12-20-6-2-3-7-22(20)17-28)26(31)29(25(23)30)16-19-5-4-13-27-15-19/h2-11,13,15H,12,14,16-17H2,1H3. The first-order chi connectivity index (χ1) is 15.1. The Balaban J connectivity index is 1.56. The molecule has 0 radical (unpaired) electrons. The molecule has 2 aliphatic rings. The quantitative estimate of drug-likeness (QED) is 0.616. The van der Waals surface area contributed by atoms with E-state index in [9.17, 15) is 9.59 Å². The Morgan fingerprint density at radius 2 is 1.68 bits per heavy atom. The van der Waals surface area contributed by atoms with Crippen molar-refractivity contribution in [3.05, 3.63) is 107 Å². The van der Waals surface area contributed by atoms with Gasteiger partial charge in [0.05, 0.1) is 12.1 Å². The number of benzene rings is 2. The lowest BCUT2D eigenvalue weighted by Gasteiger charge is -2.31. The first-order valence-electron chi connectivity index (χ1n) is 10.5. The van der Waals surface area contributed by atoms with Crippen LogP contribution in [0.3, 0.4) is 0 Å². The molecule has 1 aromatic heterocycles. The van der Waals surface area contributed by atoms with Gasteiger partial charge in [0.15, 0.2) is 0 Å². The lowest BCUT2D eigenvalue weighted by atomic mass is 9.97. The minimum Gasteiger partial charge on any atom is -0.362 e. The summed E-state index contributed by atoms with van der Waals surface area (Å²) in [5.41, 5.74) is 6.24. The molecule has 5 heteroatoms. The second-order valence-corrected chi connectivity index (χ2v) is 8.09.